The van der Waals surface area contributed by atoms with E-state index >= 15 is 0 Å². The van der Waals surface area contributed by atoms with Gasteiger partial charge >= 0.3 is 119 Å². The molecule has 1 N–H and O–H groups in total. The van der Waals surface area contributed by atoms with E-state index in [-0.39, 0.29) is 12.3 Å². The van der Waals surface area contributed by atoms with Crippen molar-refractivity contribution in [2.45, 2.75) is 6.61 Å². The van der Waals surface area contributed by atoms with Crippen molar-refractivity contribution in [1.82, 2.24) is 9.97 Å². The van der Waals surface area contributed by atoms with Gasteiger partial charge in [0.05, 0.1) is 0 Å². The number of aliphatic hydroxyl groups is 1. The van der Waals surface area contributed by atoms with E-state index in [9.17, 15) is 4.79 Å². The number of hydrogen-bond donors (Lipinski definition) is 1. The van der Waals surface area contributed by atoms with Gasteiger partial charge in [0.25, 0.3) is 0 Å². The van der Waals surface area contributed by atoms with Crippen molar-refractivity contribution in [3.8, 4) is 11.3 Å². The Morgan fingerprint density at radius 3 is 2.95 bits per heavy atom. The first-order chi connectivity index (χ1) is 9.15. The van der Waals surface area contributed by atoms with E-state index in [1.165, 1.54) is 24.0 Å². The molecule has 0 amide bonds. The van der Waals surface area contributed by atoms with Crippen LogP contribution in [-0.2, 0) is 11.3 Å². The normalized spacial score (nSPS) is 10.3. The molecule has 0 radical (unpaired) electrons. The Morgan fingerprint density at radius 2 is 2.26 bits per heavy atom. The Kier molecular flexibility index (Phi) is 4.30. The Bertz CT molecular complexity index is 617. The second-order valence-corrected chi connectivity index (χ2v) is 4.99. The Labute approximate surface area is 119 Å². The zero-order chi connectivity index (χ0) is 13.8. The standard InChI is InChI=1S/C13H13AsN2O3/c1-19-13(18)11-12(14)15-6-10(16-11)9-4-2-3-8(5-9)7-17/h2-6,17H,7,14H2,1H3. The van der Waals surface area contributed by atoms with Crippen LogP contribution < -0.4 is 4.48 Å². The molecule has 1 heterocycles. The van der Waals surface area contributed by atoms with E-state index in [2.05, 4.69) is 14.7 Å². The van der Waals surface area contributed by atoms with Crippen LogP contribution in [0.3, 0.4) is 0 Å². The second kappa shape index (κ2) is 5.95. The van der Waals surface area contributed by atoms with Gasteiger partial charge in [-0.25, -0.2) is 0 Å². The van der Waals surface area contributed by atoms with Crippen LogP contribution in [-0.4, -0.2) is 45.0 Å². The second-order valence-electron chi connectivity index (χ2n) is 3.84. The summed E-state index contributed by atoms with van der Waals surface area (Å²) in [5.41, 5.74) is 2.40. The van der Waals surface area contributed by atoms with E-state index in [1.807, 2.05) is 24.3 Å². The van der Waals surface area contributed by atoms with Gasteiger partial charge in [-0.15, -0.1) is 0 Å². The monoisotopic (exact) mass is 320 g/mol. The topological polar surface area (TPSA) is 72.3 Å². The maximum absolute atomic E-state index is 11.6. The molecule has 0 aliphatic heterocycles. The number of hydrogen-bond acceptors (Lipinski definition) is 5. The van der Waals surface area contributed by atoms with Crippen molar-refractivity contribution in [2.24, 2.45) is 0 Å². The molecule has 6 heteroatoms. The fourth-order valence-electron chi connectivity index (χ4n) is 1.61. The Balaban J connectivity index is 2.48. The molecular formula is C13H13AsN2O3. The van der Waals surface area contributed by atoms with E-state index in [4.69, 9.17) is 5.11 Å². The van der Waals surface area contributed by atoms with Gasteiger partial charge in [0.15, 0.2) is 0 Å². The van der Waals surface area contributed by atoms with Gasteiger partial charge in [0.1, 0.15) is 0 Å². The predicted molar refractivity (Wildman–Crippen MR) is 72.9 cm³/mol. The molecular weight excluding hydrogens is 307 g/mol. The molecule has 1 aromatic heterocycles. The fourth-order valence-corrected chi connectivity index (χ4v) is 2.15. The first-order valence-corrected chi connectivity index (χ1v) is 6.78. The van der Waals surface area contributed by atoms with Gasteiger partial charge in [-0.3, -0.25) is 0 Å². The van der Waals surface area contributed by atoms with E-state index in [1.54, 1.807) is 6.20 Å². The van der Waals surface area contributed by atoms with Crippen LogP contribution >= 0.6 is 0 Å². The summed E-state index contributed by atoms with van der Waals surface area (Å²) in [6.45, 7) is -0.0416. The molecule has 0 aliphatic carbocycles. The molecule has 2 rings (SSSR count). The molecule has 98 valence electrons. The van der Waals surface area contributed by atoms with Crippen LogP contribution in [0.4, 0.5) is 0 Å². The molecule has 0 saturated carbocycles. The molecule has 2 aromatic rings. The van der Waals surface area contributed by atoms with E-state index in [0.717, 1.165) is 11.1 Å². The SMILES string of the molecule is COC(=O)c1nc(-c2cccc(CO)c2)cnc1[AsH2]. The summed E-state index contributed by atoms with van der Waals surface area (Å²) in [7, 11) is 1.31. The molecule has 0 bridgehead atoms. The third-order valence-electron chi connectivity index (χ3n) is 2.58. The number of benzene rings is 1. The molecule has 1 unspecified atom stereocenters. The van der Waals surface area contributed by atoms with Crippen molar-refractivity contribution in [2.75, 3.05) is 7.11 Å². The number of rotatable bonds is 3. The first-order valence-electron chi connectivity index (χ1n) is 5.56. The van der Waals surface area contributed by atoms with Crippen molar-refractivity contribution >= 4 is 27.3 Å². The first kappa shape index (κ1) is 13.7. The molecule has 0 fully saturated rings. The van der Waals surface area contributed by atoms with Crippen LogP contribution in [0.15, 0.2) is 30.5 Å². The van der Waals surface area contributed by atoms with E-state index in [0.29, 0.717) is 10.2 Å². The van der Waals surface area contributed by atoms with Gasteiger partial charge in [0.2, 0.25) is 0 Å². The van der Waals surface area contributed by atoms with Crippen molar-refractivity contribution in [1.29, 1.82) is 0 Å². The Morgan fingerprint density at radius 1 is 1.47 bits per heavy atom. The zero-order valence-corrected chi connectivity index (χ0v) is 12.8. The molecule has 19 heavy (non-hydrogen) atoms. The van der Waals surface area contributed by atoms with Crippen LogP contribution in [0.2, 0.25) is 0 Å². The summed E-state index contributed by atoms with van der Waals surface area (Å²) in [6, 6.07) is 7.30. The van der Waals surface area contributed by atoms with Crippen LogP contribution in [0.1, 0.15) is 16.1 Å². The summed E-state index contributed by atoms with van der Waals surface area (Å²) < 4.78 is 5.27. The molecule has 0 spiro atoms. The zero-order valence-electron chi connectivity index (χ0n) is 10.3. The number of aromatic nitrogens is 2. The third-order valence-corrected chi connectivity index (χ3v) is 3.47. The summed E-state index contributed by atoms with van der Waals surface area (Å²) in [4.78, 5) is 20.1. The molecule has 5 nitrogen and oxygen atoms in total. The number of methoxy groups -OCH3 is 1. The number of carbonyl (C=O) groups excluding carboxylic acids is 1. The van der Waals surface area contributed by atoms with Gasteiger partial charge in [0, 0.05) is 0 Å². The summed E-state index contributed by atoms with van der Waals surface area (Å²) in [5, 5.41) is 9.13. The van der Waals surface area contributed by atoms with E-state index < -0.39 is 5.97 Å². The predicted octanol–water partition coefficient (Wildman–Crippen LogP) is -0.319. The number of carbonyl (C=O) groups is 1. The summed E-state index contributed by atoms with van der Waals surface area (Å²) in [6.07, 6.45) is 1.61. The van der Waals surface area contributed by atoms with Crippen LogP contribution in [0.5, 0.6) is 0 Å². The van der Waals surface area contributed by atoms with Crippen LogP contribution in [0.25, 0.3) is 11.3 Å². The minimum atomic E-state index is -0.493. The van der Waals surface area contributed by atoms with Crippen LogP contribution in [0, 0.1) is 0 Å². The number of esters is 1. The van der Waals surface area contributed by atoms with Crippen molar-refractivity contribution < 1.29 is 14.6 Å². The van der Waals surface area contributed by atoms with Crippen molar-refractivity contribution in [3.63, 3.8) is 0 Å². The number of ether oxygens (including phenoxy) is 1. The number of nitrogens with zero attached hydrogens (tertiary/aromatic N) is 2. The van der Waals surface area contributed by atoms with Gasteiger partial charge in [-0.1, -0.05) is 0 Å². The maximum atomic E-state index is 11.6. The van der Waals surface area contributed by atoms with Crippen molar-refractivity contribution in [3.05, 3.63) is 41.7 Å². The summed E-state index contributed by atoms with van der Waals surface area (Å²) in [5.74, 6) is -0.493. The molecule has 0 aliphatic rings. The van der Waals surface area contributed by atoms with Gasteiger partial charge in [-0.2, -0.15) is 0 Å². The van der Waals surface area contributed by atoms with Gasteiger partial charge < -0.3 is 0 Å². The average Bonchev–Trinajstić information content (AvgIpc) is 2.47. The number of aliphatic hydroxyl groups excluding tert-OH is 1. The molecule has 0 saturated heterocycles. The summed E-state index contributed by atoms with van der Waals surface area (Å²) >= 11 is 1.22. The quantitative estimate of drug-likeness (QED) is 0.620. The van der Waals surface area contributed by atoms with Gasteiger partial charge in [-0.05, 0) is 0 Å². The Hall–Kier alpha value is -1.71. The molecule has 1 atom stereocenters. The average molecular weight is 320 g/mol. The third kappa shape index (κ3) is 3.00. The fraction of sp³-hybridized carbons (Fsp3) is 0.154. The minimum absolute atomic E-state index is 0.0416. The molecule has 1 aromatic carbocycles.